The third-order valence-corrected chi connectivity index (χ3v) is 4.88. The SMILES string of the molecule is OC[C@H]1O[C@H](O)[C@H](O)[C@@H](O)C1O[C@@]1(Br)O[C@H](CO)[C@H](O)[C@H](O)[C@H]1O. The van der Waals surface area contributed by atoms with Crippen molar-refractivity contribution in [3.63, 3.8) is 0 Å². The lowest BCUT2D eigenvalue weighted by atomic mass is 9.97. The van der Waals surface area contributed by atoms with Crippen molar-refractivity contribution in [1.82, 2.24) is 0 Å². The molecule has 12 heteroatoms. The fourth-order valence-corrected chi connectivity index (χ4v) is 3.32. The summed E-state index contributed by atoms with van der Waals surface area (Å²) in [4.78, 5) is 0. The van der Waals surface area contributed by atoms with Gasteiger partial charge in [-0.2, -0.15) is 0 Å². The first kappa shape index (κ1) is 20.4. The van der Waals surface area contributed by atoms with Crippen LogP contribution in [0.2, 0.25) is 0 Å². The van der Waals surface area contributed by atoms with Crippen LogP contribution in [-0.2, 0) is 14.2 Å². The highest BCUT2D eigenvalue weighted by Gasteiger charge is 2.57. The molecule has 1 unspecified atom stereocenters. The zero-order valence-electron chi connectivity index (χ0n) is 12.3. The quantitative estimate of drug-likeness (QED) is 0.204. The highest BCUT2D eigenvalue weighted by Crippen LogP contribution is 2.39. The Bertz CT molecular complexity index is 424. The average molecular weight is 421 g/mol. The molecule has 0 aromatic rings. The second-order valence-corrected chi connectivity index (χ2v) is 6.76. The maximum Gasteiger partial charge on any atom is 0.257 e. The van der Waals surface area contributed by atoms with E-state index >= 15 is 0 Å². The lowest BCUT2D eigenvalue weighted by Crippen LogP contribution is -2.67. The number of halogens is 1. The van der Waals surface area contributed by atoms with Crippen molar-refractivity contribution in [2.75, 3.05) is 13.2 Å². The van der Waals surface area contributed by atoms with Crippen molar-refractivity contribution in [2.24, 2.45) is 0 Å². The van der Waals surface area contributed by atoms with Gasteiger partial charge in [-0.3, -0.25) is 0 Å². The first-order chi connectivity index (χ1) is 11.2. The van der Waals surface area contributed by atoms with Crippen LogP contribution in [0.25, 0.3) is 0 Å². The van der Waals surface area contributed by atoms with E-state index in [1.54, 1.807) is 0 Å². The van der Waals surface area contributed by atoms with E-state index in [4.69, 9.17) is 14.2 Å². The number of aliphatic hydroxyl groups is 8. The molecule has 2 heterocycles. The van der Waals surface area contributed by atoms with Crippen molar-refractivity contribution >= 4 is 15.9 Å². The summed E-state index contributed by atoms with van der Waals surface area (Å²) in [5, 5.41) is 77.3. The Morgan fingerprint density at radius 3 is 1.96 bits per heavy atom. The van der Waals surface area contributed by atoms with Gasteiger partial charge in [-0.05, 0) is 15.9 Å². The van der Waals surface area contributed by atoms with Gasteiger partial charge in [-0.1, -0.05) is 0 Å². The number of ether oxygens (including phenoxy) is 3. The molecule has 2 aliphatic heterocycles. The summed E-state index contributed by atoms with van der Waals surface area (Å²) in [6.45, 7) is -1.42. The molecule has 0 bridgehead atoms. The van der Waals surface area contributed by atoms with Crippen molar-refractivity contribution in [2.45, 2.75) is 59.8 Å². The Kier molecular flexibility index (Phi) is 6.56. The van der Waals surface area contributed by atoms with Crippen LogP contribution in [0.3, 0.4) is 0 Å². The molecule has 0 aromatic heterocycles. The molecule has 0 radical (unpaired) electrons. The number of rotatable bonds is 4. The van der Waals surface area contributed by atoms with Gasteiger partial charge in [-0.25, -0.2) is 0 Å². The summed E-state index contributed by atoms with van der Waals surface area (Å²) in [6.07, 6.45) is -14.6. The van der Waals surface area contributed by atoms with Gasteiger partial charge >= 0.3 is 0 Å². The minimum absolute atomic E-state index is 0.709. The Hall–Kier alpha value is 0.0400. The topological polar surface area (TPSA) is 190 Å². The second kappa shape index (κ2) is 7.73. The summed E-state index contributed by atoms with van der Waals surface area (Å²) < 4.78 is 13.3. The Morgan fingerprint density at radius 2 is 1.42 bits per heavy atom. The van der Waals surface area contributed by atoms with Gasteiger partial charge in [0.15, 0.2) is 6.29 Å². The van der Waals surface area contributed by atoms with Crippen LogP contribution >= 0.6 is 15.9 Å². The fourth-order valence-electron chi connectivity index (χ4n) is 2.60. The fraction of sp³-hybridized carbons (Fsp3) is 1.00. The van der Waals surface area contributed by atoms with Crippen molar-refractivity contribution in [3.05, 3.63) is 0 Å². The molecular formula is C12H21BrO11. The Morgan fingerprint density at radius 1 is 0.833 bits per heavy atom. The molecule has 0 aromatic carbocycles. The molecule has 2 rings (SSSR count). The van der Waals surface area contributed by atoms with Crippen LogP contribution in [0.5, 0.6) is 0 Å². The van der Waals surface area contributed by atoms with E-state index in [0.29, 0.717) is 0 Å². The molecule has 0 saturated carbocycles. The molecule has 0 aliphatic carbocycles. The molecular weight excluding hydrogens is 400 g/mol. The standard InChI is InChI=1S/C12H21BrO11/c13-12(10(20)7(18)5(16)3(1-14)23-12)24-9-4(2-15)22-11(21)8(19)6(9)17/h3-11,14-21H,1-2H2/t3-,4-,5+,6-,7+,8-,9?,10-,11+,12+/m1/s1. The van der Waals surface area contributed by atoms with Crippen LogP contribution in [-0.4, -0.2) is 114 Å². The number of alkyl halides is 1. The van der Waals surface area contributed by atoms with Crippen molar-refractivity contribution in [1.29, 1.82) is 0 Å². The number of hydrogen-bond donors (Lipinski definition) is 8. The molecule has 24 heavy (non-hydrogen) atoms. The smallest absolute Gasteiger partial charge is 0.257 e. The molecule has 8 N–H and O–H groups in total. The largest absolute Gasteiger partial charge is 0.394 e. The molecule has 0 spiro atoms. The van der Waals surface area contributed by atoms with Gasteiger partial charge in [0.05, 0.1) is 13.2 Å². The van der Waals surface area contributed by atoms with E-state index in [1.165, 1.54) is 0 Å². The molecule has 2 fully saturated rings. The molecule has 10 atom stereocenters. The predicted molar refractivity (Wildman–Crippen MR) is 76.5 cm³/mol. The summed E-state index contributed by atoms with van der Waals surface area (Å²) in [5.74, 6) is 0. The van der Waals surface area contributed by atoms with E-state index in [2.05, 4.69) is 15.9 Å². The van der Waals surface area contributed by atoms with Crippen LogP contribution in [0.4, 0.5) is 0 Å². The van der Waals surface area contributed by atoms with Gasteiger partial charge in [0.1, 0.15) is 48.8 Å². The lowest BCUT2D eigenvalue weighted by Gasteiger charge is -2.49. The van der Waals surface area contributed by atoms with Crippen LogP contribution in [0.1, 0.15) is 0 Å². The zero-order valence-corrected chi connectivity index (χ0v) is 13.9. The predicted octanol–water partition coefficient (Wildman–Crippen LogP) is -4.67. The minimum atomic E-state index is -2.19. The highest BCUT2D eigenvalue weighted by molar-refractivity contribution is 9.10. The maximum atomic E-state index is 10.1. The first-order valence-corrected chi connectivity index (χ1v) is 7.95. The third-order valence-electron chi connectivity index (χ3n) is 4.04. The van der Waals surface area contributed by atoms with E-state index in [0.717, 1.165) is 0 Å². The number of hydrogen-bond acceptors (Lipinski definition) is 11. The van der Waals surface area contributed by atoms with Crippen LogP contribution < -0.4 is 0 Å². The summed E-state index contributed by atoms with van der Waals surface area (Å²) in [6, 6.07) is 0. The number of aliphatic hydroxyl groups excluding tert-OH is 8. The van der Waals surface area contributed by atoms with E-state index in [9.17, 15) is 40.9 Å². The second-order valence-electron chi connectivity index (χ2n) is 5.66. The minimum Gasteiger partial charge on any atom is -0.394 e. The Labute approximate surface area is 144 Å². The molecule has 0 amide bonds. The third kappa shape index (κ3) is 3.60. The first-order valence-electron chi connectivity index (χ1n) is 7.16. The van der Waals surface area contributed by atoms with Gasteiger partial charge in [0.25, 0.3) is 4.70 Å². The van der Waals surface area contributed by atoms with Crippen molar-refractivity contribution in [3.8, 4) is 0 Å². The van der Waals surface area contributed by atoms with Crippen LogP contribution in [0, 0.1) is 0 Å². The monoisotopic (exact) mass is 420 g/mol. The van der Waals surface area contributed by atoms with Gasteiger partial charge in [0, 0.05) is 0 Å². The maximum absolute atomic E-state index is 10.1. The normalized spacial score (nSPS) is 53.1. The highest BCUT2D eigenvalue weighted by atomic mass is 79.9. The zero-order chi connectivity index (χ0) is 18.2. The van der Waals surface area contributed by atoms with Gasteiger partial charge < -0.3 is 55.1 Å². The molecule has 2 aliphatic rings. The van der Waals surface area contributed by atoms with E-state index in [1.807, 2.05) is 0 Å². The summed E-state index contributed by atoms with van der Waals surface area (Å²) in [5.41, 5.74) is 0. The Balaban J connectivity index is 2.22. The van der Waals surface area contributed by atoms with Crippen molar-refractivity contribution < 1.29 is 55.1 Å². The van der Waals surface area contributed by atoms with E-state index in [-0.39, 0.29) is 0 Å². The summed E-state index contributed by atoms with van der Waals surface area (Å²) in [7, 11) is 0. The van der Waals surface area contributed by atoms with Crippen LogP contribution in [0.15, 0.2) is 0 Å². The average Bonchev–Trinajstić information content (AvgIpc) is 2.57. The molecule has 142 valence electrons. The summed E-state index contributed by atoms with van der Waals surface area (Å²) >= 11 is 2.90. The van der Waals surface area contributed by atoms with E-state index < -0.39 is 73.0 Å². The molecule has 11 nitrogen and oxygen atoms in total. The van der Waals surface area contributed by atoms with Gasteiger partial charge in [-0.15, -0.1) is 0 Å². The molecule has 2 saturated heterocycles. The lowest BCUT2D eigenvalue weighted by molar-refractivity contribution is -0.366. The van der Waals surface area contributed by atoms with Gasteiger partial charge in [0.2, 0.25) is 0 Å².